The number of nitrogens with zero attached hydrogens (tertiary/aromatic N) is 2. The normalized spacial score (nSPS) is 10.8. The SMILES string of the molecule is CCCNC(=O)Cn1c(CCNC(=O)COC)nc2ccccc21. The number of fused-ring (bicyclic) bond motifs is 1. The van der Waals surface area contributed by atoms with Crippen LogP contribution in [-0.2, 0) is 27.3 Å². The van der Waals surface area contributed by atoms with Crippen LogP contribution in [0.2, 0.25) is 0 Å². The predicted octanol–water partition coefficient (Wildman–Crippen LogP) is 0.868. The van der Waals surface area contributed by atoms with Gasteiger partial charge in [0, 0.05) is 26.6 Å². The Bertz CT molecular complexity index is 696. The van der Waals surface area contributed by atoms with Crippen LogP contribution in [-0.4, -0.2) is 48.2 Å². The first-order valence-electron chi connectivity index (χ1n) is 8.12. The Kier molecular flexibility index (Phi) is 6.74. The van der Waals surface area contributed by atoms with Gasteiger partial charge in [0.2, 0.25) is 11.8 Å². The summed E-state index contributed by atoms with van der Waals surface area (Å²) in [6.07, 6.45) is 1.44. The molecule has 2 N–H and O–H groups in total. The number of benzene rings is 1. The van der Waals surface area contributed by atoms with Gasteiger partial charge in [-0.05, 0) is 18.6 Å². The van der Waals surface area contributed by atoms with E-state index in [4.69, 9.17) is 4.74 Å². The highest BCUT2D eigenvalue weighted by Crippen LogP contribution is 2.16. The average molecular weight is 332 g/mol. The van der Waals surface area contributed by atoms with E-state index < -0.39 is 0 Å². The minimum absolute atomic E-state index is 0.0373. The van der Waals surface area contributed by atoms with Crippen molar-refractivity contribution in [2.75, 3.05) is 26.8 Å². The molecule has 0 saturated heterocycles. The Hall–Kier alpha value is -2.41. The maximum absolute atomic E-state index is 12.1. The van der Waals surface area contributed by atoms with Crippen molar-refractivity contribution in [3.8, 4) is 0 Å². The van der Waals surface area contributed by atoms with E-state index in [2.05, 4.69) is 15.6 Å². The van der Waals surface area contributed by atoms with Gasteiger partial charge < -0.3 is 19.9 Å². The molecule has 0 radical (unpaired) electrons. The topological polar surface area (TPSA) is 85.2 Å². The van der Waals surface area contributed by atoms with E-state index in [9.17, 15) is 9.59 Å². The molecular weight excluding hydrogens is 308 g/mol. The number of ether oxygens (including phenoxy) is 1. The molecule has 1 aromatic heterocycles. The Balaban J connectivity index is 2.11. The summed E-state index contributed by atoms with van der Waals surface area (Å²) in [5.41, 5.74) is 1.77. The van der Waals surface area contributed by atoms with Gasteiger partial charge >= 0.3 is 0 Å². The second-order valence-corrected chi connectivity index (χ2v) is 5.49. The molecule has 0 atom stereocenters. The van der Waals surface area contributed by atoms with Gasteiger partial charge in [0.15, 0.2) is 0 Å². The summed E-state index contributed by atoms with van der Waals surface area (Å²) in [4.78, 5) is 28.1. The lowest BCUT2D eigenvalue weighted by Gasteiger charge is -2.10. The molecule has 1 aromatic carbocycles. The largest absolute Gasteiger partial charge is 0.375 e. The number of nitrogens with one attached hydrogen (secondary N) is 2. The molecule has 2 rings (SSSR count). The molecule has 7 heteroatoms. The van der Waals surface area contributed by atoms with Crippen LogP contribution in [0.1, 0.15) is 19.2 Å². The third-order valence-electron chi connectivity index (χ3n) is 3.55. The summed E-state index contributed by atoms with van der Waals surface area (Å²) in [5.74, 6) is 0.575. The highest BCUT2D eigenvalue weighted by atomic mass is 16.5. The van der Waals surface area contributed by atoms with Gasteiger partial charge in [-0.3, -0.25) is 9.59 Å². The van der Waals surface area contributed by atoms with Gasteiger partial charge in [0.25, 0.3) is 0 Å². The highest BCUT2D eigenvalue weighted by molar-refractivity contribution is 5.81. The Morgan fingerprint density at radius 3 is 2.67 bits per heavy atom. The minimum Gasteiger partial charge on any atom is -0.375 e. The smallest absolute Gasteiger partial charge is 0.245 e. The second kappa shape index (κ2) is 9.02. The standard InChI is InChI=1S/C17H24N4O3/c1-3-9-18-16(22)11-21-14-7-5-4-6-13(14)20-15(21)8-10-19-17(23)12-24-2/h4-7H,3,8-12H2,1-2H3,(H,18,22)(H,19,23). The third-order valence-corrected chi connectivity index (χ3v) is 3.55. The number of amides is 2. The zero-order valence-electron chi connectivity index (χ0n) is 14.2. The van der Waals surface area contributed by atoms with Crippen LogP contribution in [0.4, 0.5) is 0 Å². The number of carbonyl (C=O) groups is 2. The number of hydrogen-bond acceptors (Lipinski definition) is 4. The molecule has 0 bridgehead atoms. The van der Waals surface area contributed by atoms with E-state index in [1.54, 1.807) is 0 Å². The van der Waals surface area contributed by atoms with Crippen LogP contribution >= 0.6 is 0 Å². The molecule has 7 nitrogen and oxygen atoms in total. The van der Waals surface area contributed by atoms with E-state index in [0.29, 0.717) is 19.5 Å². The lowest BCUT2D eigenvalue weighted by atomic mass is 10.3. The van der Waals surface area contributed by atoms with Crippen LogP contribution in [0.15, 0.2) is 24.3 Å². The molecule has 24 heavy (non-hydrogen) atoms. The summed E-state index contributed by atoms with van der Waals surface area (Å²) in [6, 6.07) is 7.71. The Labute approximate surface area is 141 Å². The summed E-state index contributed by atoms with van der Waals surface area (Å²) in [5, 5.41) is 5.65. The maximum Gasteiger partial charge on any atom is 0.245 e. The first-order chi connectivity index (χ1) is 11.7. The molecule has 130 valence electrons. The number of para-hydroxylation sites is 2. The number of methoxy groups -OCH3 is 1. The van der Waals surface area contributed by atoms with Crippen LogP contribution in [0.25, 0.3) is 11.0 Å². The van der Waals surface area contributed by atoms with Crippen molar-refractivity contribution in [1.29, 1.82) is 0 Å². The molecule has 0 fully saturated rings. The number of carbonyl (C=O) groups excluding carboxylic acids is 2. The zero-order chi connectivity index (χ0) is 17.4. The van der Waals surface area contributed by atoms with Crippen molar-refractivity contribution in [3.05, 3.63) is 30.1 Å². The monoisotopic (exact) mass is 332 g/mol. The maximum atomic E-state index is 12.1. The molecule has 0 spiro atoms. The number of rotatable bonds is 9. The fourth-order valence-electron chi connectivity index (χ4n) is 2.45. The van der Waals surface area contributed by atoms with Gasteiger partial charge in [-0.25, -0.2) is 4.98 Å². The molecule has 0 aliphatic carbocycles. The fourth-order valence-corrected chi connectivity index (χ4v) is 2.45. The van der Waals surface area contributed by atoms with E-state index in [1.165, 1.54) is 7.11 Å². The van der Waals surface area contributed by atoms with E-state index in [0.717, 1.165) is 23.3 Å². The van der Waals surface area contributed by atoms with Crippen molar-refractivity contribution in [3.63, 3.8) is 0 Å². The van der Waals surface area contributed by atoms with E-state index in [1.807, 2.05) is 35.8 Å². The molecule has 2 aromatic rings. The molecule has 0 unspecified atom stereocenters. The van der Waals surface area contributed by atoms with Crippen LogP contribution < -0.4 is 10.6 Å². The quantitative estimate of drug-likeness (QED) is 0.713. The fraction of sp³-hybridized carbons (Fsp3) is 0.471. The summed E-state index contributed by atoms with van der Waals surface area (Å²) >= 11 is 0. The van der Waals surface area contributed by atoms with Gasteiger partial charge in [-0.1, -0.05) is 19.1 Å². The molecule has 0 aliphatic rings. The second-order valence-electron chi connectivity index (χ2n) is 5.49. The van der Waals surface area contributed by atoms with Crippen LogP contribution in [0.5, 0.6) is 0 Å². The molecule has 0 aliphatic heterocycles. The Morgan fingerprint density at radius 1 is 1.17 bits per heavy atom. The van der Waals surface area contributed by atoms with Crippen molar-refractivity contribution in [2.45, 2.75) is 26.3 Å². The first-order valence-corrected chi connectivity index (χ1v) is 8.12. The predicted molar refractivity (Wildman–Crippen MR) is 91.6 cm³/mol. The Morgan fingerprint density at radius 2 is 1.92 bits per heavy atom. The number of imidazole rings is 1. The first kappa shape index (κ1) is 17.9. The van der Waals surface area contributed by atoms with E-state index in [-0.39, 0.29) is 25.0 Å². The minimum atomic E-state index is -0.166. The van der Waals surface area contributed by atoms with Gasteiger partial charge in [-0.2, -0.15) is 0 Å². The zero-order valence-corrected chi connectivity index (χ0v) is 14.2. The van der Waals surface area contributed by atoms with Crippen LogP contribution in [0, 0.1) is 0 Å². The van der Waals surface area contributed by atoms with Gasteiger partial charge in [0.1, 0.15) is 19.0 Å². The van der Waals surface area contributed by atoms with E-state index >= 15 is 0 Å². The summed E-state index contributed by atoms with van der Waals surface area (Å²) < 4.78 is 6.69. The van der Waals surface area contributed by atoms with Crippen LogP contribution in [0.3, 0.4) is 0 Å². The molecule has 2 amide bonds. The lowest BCUT2D eigenvalue weighted by molar-refractivity contribution is -0.124. The van der Waals surface area contributed by atoms with Crippen molar-refractivity contribution in [1.82, 2.24) is 20.2 Å². The molecule has 1 heterocycles. The third kappa shape index (κ3) is 4.79. The average Bonchev–Trinajstić information content (AvgIpc) is 2.91. The molecule has 0 saturated carbocycles. The van der Waals surface area contributed by atoms with Crippen molar-refractivity contribution >= 4 is 22.8 Å². The highest BCUT2D eigenvalue weighted by Gasteiger charge is 2.13. The van der Waals surface area contributed by atoms with Crippen molar-refractivity contribution < 1.29 is 14.3 Å². The number of hydrogen-bond donors (Lipinski definition) is 2. The molecular formula is C17H24N4O3. The number of aromatic nitrogens is 2. The van der Waals surface area contributed by atoms with Gasteiger partial charge in [-0.15, -0.1) is 0 Å². The van der Waals surface area contributed by atoms with Gasteiger partial charge in [0.05, 0.1) is 11.0 Å². The van der Waals surface area contributed by atoms with Crippen molar-refractivity contribution in [2.24, 2.45) is 0 Å². The lowest BCUT2D eigenvalue weighted by Crippen LogP contribution is -2.31. The summed E-state index contributed by atoms with van der Waals surface area (Å²) in [7, 11) is 1.48. The summed E-state index contributed by atoms with van der Waals surface area (Å²) in [6.45, 7) is 3.38.